The van der Waals surface area contributed by atoms with E-state index in [1.165, 1.54) is 42.8 Å². The Morgan fingerprint density at radius 2 is 2.00 bits per heavy atom. The Labute approximate surface area is 125 Å². The van der Waals surface area contributed by atoms with E-state index in [0.29, 0.717) is 6.04 Å². The van der Waals surface area contributed by atoms with Gasteiger partial charge >= 0.3 is 0 Å². The van der Waals surface area contributed by atoms with Crippen molar-refractivity contribution >= 4 is 5.82 Å². The van der Waals surface area contributed by atoms with Crippen LogP contribution in [0.3, 0.4) is 0 Å². The van der Waals surface area contributed by atoms with Crippen molar-refractivity contribution < 1.29 is 8.98 Å². The Hall–Kier alpha value is -1.77. The summed E-state index contributed by atoms with van der Waals surface area (Å²) < 4.78 is 8.22. The number of pyridine rings is 1. The molecule has 2 aromatic rings. The zero-order valence-electron chi connectivity index (χ0n) is 12.7. The Morgan fingerprint density at radius 3 is 2.76 bits per heavy atom. The van der Waals surface area contributed by atoms with Crippen molar-refractivity contribution in [3.63, 3.8) is 0 Å². The van der Waals surface area contributed by atoms with E-state index in [1.54, 1.807) is 0 Å². The van der Waals surface area contributed by atoms with Crippen LogP contribution < -0.4 is 9.47 Å². The van der Waals surface area contributed by atoms with Crippen LogP contribution in [0.1, 0.15) is 43.9 Å². The van der Waals surface area contributed by atoms with Gasteiger partial charge in [-0.15, -0.1) is 0 Å². The normalized spacial score (nSPS) is 36.1. The minimum absolute atomic E-state index is 0.154. The number of rotatable bonds is 1. The highest BCUT2D eigenvalue weighted by Gasteiger charge is 2.70. The van der Waals surface area contributed by atoms with Crippen LogP contribution in [0.4, 0.5) is 5.82 Å². The summed E-state index contributed by atoms with van der Waals surface area (Å²) >= 11 is 0. The number of aromatic nitrogens is 1. The summed E-state index contributed by atoms with van der Waals surface area (Å²) in [5.41, 5.74) is 1.84. The molecule has 0 radical (unpaired) electrons. The second-order valence-electron chi connectivity index (χ2n) is 7.07. The average Bonchev–Trinajstić information content (AvgIpc) is 3.02. The molecule has 21 heavy (non-hydrogen) atoms. The predicted molar refractivity (Wildman–Crippen MR) is 80.1 cm³/mol. The highest BCUT2D eigenvalue weighted by Crippen LogP contribution is 2.66. The summed E-state index contributed by atoms with van der Waals surface area (Å²) in [6, 6.07) is 9.26. The van der Waals surface area contributed by atoms with Crippen LogP contribution in [0.25, 0.3) is 0 Å². The fraction of sp³-hybridized carbons (Fsp3) is 0.500. The van der Waals surface area contributed by atoms with Gasteiger partial charge in [0.05, 0.1) is 24.9 Å². The molecule has 1 saturated carbocycles. The van der Waals surface area contributed by atoms with Crippen LogP contribution in [0.15, 0.2) is 41.1 Å². The maximum Gasteiger partial charge on any atom is 0.277 e. The third kappa shape index (κ3) is 1.13. The molecule has 2 aromatic heterocycles. The predicted octanol–water partition coefficient (Wildman–Crippen LogP) is 3.03. The van der Waals surface area contributed by atoms with Crippen LogP contribution in [0, 0.1) is 0 Å². The molecule has 1 atom stereocenters. The maximum absolute atomic E-state index is 5.96. The average molecular weight is 281 g/mol. The lowest BCUT2D eigenvalue weighted by atomic mass is 9.49. The van der Waals surface area contributed by atoms with E-state index in [9.17, 15) is 0 Å². The first kappa shape index (κ1) is 11.8. The second kappa shape index (κ2) is 3.52. The minimum Gasteiger partial charge on any atom is -0.468 e. The largest absolute Gasteiger partial charge is 0.468 e. The van der Waals surface area contributed by atoms with Crippen LogP contribution >= 0.6 is 0 Å². The highest BCUT2D eigenvalue weighted by molar-refractivity contribution is 5.57. The lowest BCUT2D eigenvalue weighted by molar-refractivity contribution is -0.659. The van der Waals surface area contributed by atoms with E-state index in [1.807, 2.05) is 6.26 Å². The molecule has 3 aliphatic carbocycles. The van der Waals surface area contributed by atoms with E-state index >= 15 is 0 Å². The Bertz CT molecular complexity index is 724. The summed E-state index contributed by atoms with van der Waals surface area (Å²) in [5, 5.41) is 0. The number of furan rings is 1. The number of anilines is 1. The topological polar surface area (TPSA) is 20.3 Å². The lowest BCUT2D eigenvalue weighted by Crippen LogP contribution is -2.72. The van der Waals surface area contributed by atoms with Crippen molar-refractivity contribution in [3.05, 3.63) is 48.0 Å². The van der Waals surface area contributed by atoms with E-state index in [-0.39, 0.29) is 11.0 Å². The summed E-state index contributed by atoms with van der Waals surface area (Å²) in [7, 11) is 2.16. The van der Waals surface area contributed by atoms with Crippen molar-refractivity contribution in [1.29, 1.82) is 0 Å². The van der Waals surface area contributed by atoms with Gasteiger partial charge in [0.25, 0.3) is 5.82 Å². The van der Waals surface area contributed by atoms with Crippen molar-refractivity contribution in [3.8, 4) is 0 Å². The number of piperidine rings is 2. The molecule has 3 nitrogen and oxygen atoms in total. The fourth-order valence-electron chi connectivity index (χ4n) is 5.45. The summed E-state index contributed by atoms with van der Waals surface area (Å²) in [5.74, 6) is 2.63. The van der Waals surface area contributed by atoms with Crippen LogP contribution in [-0.2, 0) is 18.0 Å². The SMILES string of the molecule is CC1N(c2cccc[n+]2C)C23CCC1(CC2)c1occc13. The highest BCUT2D eigenvalue weighted by atomic mass is 16.3. The third-order valence-electron chi connectivity index (χ3n) is 6.51. The zero-order chi connectivity index (χ0) is 14.2. The van der Waals surface area contributed by atoms with Gasteiger partial charge < -0.3 is 4.42 Å². The minimum atomic E-state index is 0.154. The molecule has 3 heteroatoms. The number of hydrogen-bond acceptors (Lipinski definition) is 2. The Morgan fingerprint density at radius 1 is 1.19 bits per heavy atom. The van der Waals surface area contributed by atoms with Crippen molar-refractivity contribution in [2.24, 2.45) is 7.05 Å². The van der Waals surface area contributed by atoms with Crippen molar-refractivity contribution in [1.82, 2.24) is 0 Å². The molecule has 0 amide bonds. The molecule has 0 aromatic carbocycles. The van der Waals surface area contributed by atoms with Crippen LogP contribution in [0.5, 0.6) is 0 Å². The molecule has 2 saturated heterocycles. The standard InChI is InChI=1S/C18H21N2O/c1-13-17-7-9-18(10-8-17,14-6-12-21-16(14)17)20(13)15-5-3-4-11-19(15)2/h3-6,11-13H,7-10H2,1-2H3/q+1. The molecule has 6 aliphatic rings. The van der Waals surface area contributed by atoms with Gasteiger partial charge in [-0.1, -0.05) is 6.07 Å². The Balaban J connectivity index is 1.80. The monoisotopic (exact) mass is 281 g/mol. The first-order valence-corrected chi connectivity index (χ1v) is 8.02. The molecule has 0 spiro atoms. The molecule has 2 bridgehead atoms. The van der Waals surface area contributed by atoms with Crippen LogP contribution in [0.2, 0.25) is 0 Å². The van der Waals surface area contributed by atoms with Crippen LogP contribution in [-0.4, -0.2) is 6.04 Å². The second-order valence-corrected chi connectivity index (χ2v) is 7.07. The number of nitrogens with zero attached hydrogens (tertiary/aromatic N) is 2. The smallest absolute Gasteiger partial charge is 0.277 e. The summed E-state index contributed by atoms with van der Waals surface area (Å²) in [6.07, 6.45) is 9.15. The van der Waals surface area contributed by atoms with Crippen molar-refractivity contribution in [2.45, 2.75) is 49.6 Å². The molecular weight excluding hydrogens is 260 g/mol. The maximum atomic E-state index is 5.96. The van der Waals surface area contributed by atoms with E-state index in [0.717, 1.165) is 0 Å². The Kier molecular flexibility index (Phi) is 1.98. The molecule has 5 heterocycles. The van der Waals surface area contributed by atoms with Gasteiger partial charge in [0.2, 0.25) is 0 Å². The molecule has 108 valence electrons. The van der Waals surface area contributed by atoms with Gasteiger partial charge in [-0.25, -0.2) is 9.47 Å². The zero-order valence-corrected chi connectivity index (χ0v) is 12.7. The van der Waals surface area contributed by atoms with E-state index in [4.69, 9.17) is 4.42 Å². The molecule has 8 rings (SSSR count). The molecular formula is C18H21N2O+. The molecule has 0 N–H and O–H groups in total. The molecule has 1 unspecified atom stereocenters. The summed E-state index contributed by atoms with van der Waals surface area (Å²) in [6.45, 7) is 2.39. The van der Waals surface area contributed by atoms with Gasteiger partial charge in [0.1, 0.15) is 17.3 Å². The number of aryl methyl sites for hydroxylation is 1. The fourth-order valence-corrected chi connectivity index (χ4v) is 5.45. The van der Waals surface area contributed by atoms with E-state index in [2.05, 4.69) is 53.9 Å². The van der Waals surface area contributed by atoms with E-state index < -0.39 is 0 Å². The van der Waals surface area contributed by atoms with Gasteiger partial charge in [-0.05, 0) is 44.7 Å². The van der Waals surface area contributed by atoms with Crippen molar-refractivity contribution in [2.75, 3.05) is 4.90 Å². The molecule has 3 fully saturated rings. The lowest BCUT2D eigenvalue weighted by Gasteiger charge is -2.63. The van der Waals surface area contributed by atoms with Gasteiger partial charge in [0.15, 0.2) is 0 Å². The van der Waals surface area contributed by atoms with Gasteiger partial charge in [-0.3, -0.25) is 0 Å². The van der Waals surface area contributed by atoms with Gasteiger partial charge in [-0.2, -0.15) is 0 Å². The number of hydrogen-bond donors (Lipinski definition) is 0. The molecule has 3 aliphatic heterocycles. The third-order valence-corrected chi connectivity index (χ3v) is 6.51. The first-order valence-electron chi connectivity index (χ1n) is 8.02. The quantitative estimate of drug-likeness (QED) is 0.749. The first-order chi connectivity index (χ1) is 10.2. The summed E-state index contributed by atoms with van der Waals surface area (Å²) in [4.78, 5) is 2.69. The van der Waals surface area contributed by atoms with Gasteiger partial charge in [0, 0.05) is 11.6 Å².